The molecular weight excluding hydrogens is 292 g/mol. The van der Waals surface area contributed by atoms with E-state index in [0.29, 0.717) is 29.0 Å². The Hall–Kier alpha value is -1.33. The summed E-state index contributed by atoms with van der Waals surface area (Å²) in [5, 5.41) is 13.1. The number of hydrogen-bond donors (Lipinski definition) is 2. The number of aliphatic hydroxyl groups is 1. The summed E-state index contributed by atoms with van der Waals surface area (Å²) in [6.45, 7) is 2.56. The number of halogens is 1. The number of ether oxygens (including phenoxy) is 1. The van der Waals surface area contributed by atoms with Crippen molar-refractivity contribution in [3.63, 3.8) is 0 Å². The third-order valence-electron chi connectivity index (χ3n) is 3.77. The van der Waals surface area contributed by atoms with Crippen molar-refractivity contribution in [1.29, 1.82) is 0 Å². The van der Waals surface area contributed by atoms with Crippen LogP contribution in [0.1, 0.15) is 43.0 Å². The molecule has 2 rings (SSSR count). The lowest BCUT2D eigenvalue weighted by Crippen LogP contribution is -2.35. The number of aliphatic hydroxyl groups excluding tert-OH is 1. The van der Waals surface area contributed by atoms with Gasteiger partial charge in [0.05, 0.1) is 18.3 Å². The number of carbonyl (C=O) groups excluding carboxylic acids is 1. The molecule has 0 bridgehead atoms. The van der Waals surface area contributed by atoms with E-state index in [1.54, 1.807) is 0 Å². The van der Waals surface area contributed by atoms with Gasteiger partial charge in [0.2, 0.25) is 5.88 Å². The van der Waals surface area contributed by atoms with Gasteiger partial charge in [-0.05, 0) is 31.7 Å². The summed E-state index contributed by atoms with van der Waals surface area (Å²) in [5.74, 6) is 0.332. The molecule has 116 valence electrons. The van der Waals surface area contributed by atoms with Crippen LogP contribution >= 0.6 is 11.6 Å². The minimum absolute atomic E-state index is 0.258. The maximum atomic E-state index is 12.0. The maximum absolute atomic E-state index is 12.0. The van der Waals surface area contributed by atoms with Gasteiger partial charge in [0.25, 0.3) is 5.91 Å². The Balaban J connectivity index is 1.89. The van der Waals surface area contributed by atoms with E-state index in [9.17, 15) is 9.90 Å². The zero-order valence-corrected chi connectivity index (χ0v) is 12.9. The van der Waals surface area contributed by atoms with Crippen LogP contribution in [0.15, 0.2) is 12.3 Å². The first-order valence-corrected chi connectivity index (χ1v) is 7.74. The molecule has 1 aliphatic rings. The fraction of sp³-hybridized carbons (Fsp3) is 0.600. The molecule has 5 nitrogen and oxygen atoms in total. The van der Waals surface area contributed by atoms with E-state index in [-0.39, 0.29) is 12.5 Å². The molecule has 2 N–H and O–H groups in total. The summed E-state index contributed by atoms with van der Waals surface area (Å²) >= 11 is 6.00. The monoisotopic (exact) mass is 312 g/mol. The minimum Gasteiger partial charge on any atom is -0.477 e. The normalized spacial score (nSPS) is 16.7. The van der Waals surface area contributed by atoms with Crippen LogP contribution in [0.3, 0.4) is 0 Å². The zero-order valence-electron chi connectivity index (χ0n) is 12.1. The highest BCUT2D eigenvalue weighted by Crippen LogP contribution is 2.27. The van der Waals surface area contributed by atoms with Crippen molar-refractivity contribution in [2.75, 3.05) is 13.2 Å². The second-order valence-corrected chi connectivity index (χ2v) is 5.67. The fourth-order valence-corrected chi connectivity index (χ4v) is 2.82. The summed E-state index contributed by atoms with van der Waals surface area (Å²) < 4.78 is 5.22. The van der Waals surface area contributed by atoms with Gasteiger partial charge in [0, 0.05) is 12.7 Å². The summed E-state index contributed by atoms with van der Waals surface area (Å²) in [6, 6.07) is 1.52. The highest BCUT2D eigenvalue weighted by molar-refractivity contribution is 6.32. The van der Waals surface area contributed by atoms with Gasteiger partial charge < -0.3 is 15.2 Å². The Bertz CT molecular complexity index is 490. The third kappa shape index (κ3) is 4.32. The van der Waals surface area contributed by atoms with Crippen LogP contribution in [0, 0.1) is 5.92 Å². The smallest absolute Gasteiger partial charge is 0.252 e. The Kier molecular flexibility index (Phi) is 5.82. The number of rotatable bonds is 6. The average Bonchev–Trinajstić information content (AvgIpc) is 3.01. The number of nitrogens with zero attached hydrogens (tertiary/aromatic N) is 1. The molecule has 0 saturated heterocycles. The number of pyridine rings is 1. The lowest BCUT2D eigenvalue weighted by atomic mass is 10.0. The topological polar surface area (TPSA) is 71.5 Å². The molecule has 0 spiro atoms. The van der Waals surface area contributed by atoms with Crippen molar-refractivity contribution < 1.29 is 14.6 Å². The standard InChI is InChI=1S/C15H21ClN2O3/c1-2-21-15-12(16)7-11(8-18-15)14(20)17-9-13(19)10-5-3-4-6-10/h7-8,10,13,19H,2-6,9H2,1H3,(H,17,20). The first kappa shape index (κ1) is 16.0. The molecule has 21 heavy (non-hydrogen) atoms. The number of carbonyl (C=O) groups is 1. The van der Waals surface area contributed by atoms with Crippen molar-refractivity contribution >= 4 is 17.5 Å². The number of aromatic nitrogens is 1. The van der Waals surface area contributed by atoms with Crippen LogP contribution in [-0.2, 0) is 0 Å². The highest BCUT2D eigenvalue weighted by atomic mass is 35.5. The zero-order chi connectivity index (χ0) is 15.2. The van der Waals surface area contributed by atoms with Gasteiger partial charge in [-0.15, -0.1) is 0 Å². The summed E-state index contributed by atoms with van der Waals surface area (Å²) in [5.41, 5.74) is 0.363. The van der Waals surface area contributed by atoms with Crippen molar-refractivity contribution in [2.45, 2.75) is 38.7 Å². The molecule has 6 heteroatoms. The number of nitrogens with one attached hydrogen (secondary N) is 1. The Labute approximate surface area is 129 Å². The van der Waals surface area contributed by atoms with Gasteiger partial charge in [-0.1, -0.05) is 24.4 Å². The first-order chi connectivity index (χ1) is 10.1. The molecule has 1 amide bonds. The van der Waals surface area contributed by atoms with Gasteiger partial charge in [0.1, 0.15) is 5.02 Å². The SMILES string of the molecule is CCOc1ncc(C(=O)NCC(O)C2CCCC2)cc1Cl. The van der Waals surface area contributed by atoms with E-state index < -0.39 is 6.10 Å². The minimum atomic E-state index is -0.484. The average molecular weight is 313 g/mol. The fourth-order valence-electron chi connectivity index (χ4n) is 2.60. The molecule has 1 unspecified atom stereocenters. The van der Waals surface area contributed by atoms with Gasteiger partial charge in [0.15, 0.2) is 0 Å². The second kappa shape index (κ2) is 7.61. The Morgan fingerprint density at radius 2 is 2.29 bits per heavy atom. The quantitative estimate of drug-likeness (QED) is 0.846. The van der Waals surface area contributed by atoms with E-state index in [2.05, 4.69) is 10.3 Å². The highest BCUT2D eigenvalue weighted by Gasteiger charge is 2.23. The maximum Gasteiger partial charge on any atom is 0.252 e. The molecule has 1 aromatic rings. The molecular formula is C15H21ClN2O3. The van der Waals surface area contributed by atoms with Gasteiger partial charge in [-0.2, -0.15) is 0 Å². The molecule has 1 fully saturated rings. The Morgan fingerprint density at radius 3 is 2.90 bits per heavy atom. The van der Waals surface area contributed by atoms with Crippen molar-refractivity contribution in [3.05, 3.63) is 22.8 Å². The molecule has 1 saturated carbocycles. The van der Waals surface area contributed by atoms with E-state index in [0.717, 1.165) is 25.7 Å². The second-order valence-electron chi connectivity index (χ2n) is 5.27. The molecule has 0 radical (unpaired) electrons. The van der Waals surface area contributed by atoms with Crippen LogP contribution in [0.4, 0.5) is 0 Å². The predicted octanol–water partition coefficient (Wildman–Crippen LogP) is 2.41. The predicted molar refractivity (Wildman–Crippen MR) is 80.7 cm³/mol. The summed E-state index contributed by atoms with van der Waals surface area (Å²) in [7, 11) is 0. The van der Waals surface area contributed by atoms with Crippen LogP contribution in [0.5, 0.6) is 5.88 Å². The van der Waals surface area contributed by atoms with Gasteiger partial charge in [-0.3, -0.25) is 4.79 Å². The van der Waals surface area contributed by atoms with Crippen molar-refractivity contribution in [1.82, 2.24) is 10.3 Å². The number of amides is 1. The van der Waals surface area contributed by atoms with E-state index in [4.69, 9.17) is 16.3 Å². The molecule has 0 aromatic carbocycles. The molecule has 1 aliphatic carbocycles. The Morgan fingerprint density at radius 1 is 1.57 bits per heavy atom. The van der Waals surface area contributed by atoms with Crippen LogP contribution in [-0.4, -0.2) is 35.3 Å². The molecule has 0 aliphatic heterocycles. The van der Waals surface area contributed by atoms with E-state index in [1.807, 2.05) is 6.92 Å². The lowest BCUT2D eigenvalue weighted by molar-refractivity contribution is 0.0840. The molecule has 1 atom stereocenters. The van der Waals surface area contributed by atoms with Crippen LogP contribution < -0.4 is 10.1 Å². The van der Waals surface area contributed by atoms with E-state index >= 15 is 0 Å². The van der Waals surface area contributed by atoms with Gasteiger partial charge >= 0.3 is 0 Å². The van der Waals surface area contributed by atoms with Crippen LogP contribution in [0.2, 0.25) is 5.02 Å². The van der Waals surface area contributed by atoms with Crippen molar-refractivity contribution in [3.8, 4) is 5.88 Å². The van der Waals surface area contributed by atoms with Gasteiger partial charge in [-0.25, -0.2) is 4.98 Å². The largest absolute Gasteiger partial charge is 0.477 e. The van der Waals surface area contributed by atoms with Crippen LogP contribution in [0.25, 0.3) is 0 Å². The lowest BCUT2D eigenvalue weighted by Gasteiger charge is -2.18. The summed E-state index contributed by atoms with van der Waals surface area (Å²) in [6.07, 6.45) is 5.33. The summed E-state index contributed by atoms with van der Waals surface area (Å²) in [4.78, 5) is 16.0. The molecule has 1 heterocycles. The molecule has 1 aromatic heterocycles. The van der Waals surface area contributed by atoms with Crippen molar-refractivity contribution in [2.24, 2.45) is 5.92 Å². The van der Waals surface area contributed by atoms with E-state index in [1.165, 1.54) is 12.3 Å². The third-order valence-corrected chi connectivity index (χ3v) is 4.04. The first-order valence-electron chi connectivity index (χ1n) is 7.36. The number of hydrogen-bond acceptors (Lipinski definition) is 4.